The highest BCUT2D eigenvalue weighted by Gasteiger charge is 2.14. The van der Waals surface area contributed by atoms with Crippen LogP contribution in [-0.2, 0) is 13.3 Å². The second-order valence-corrected chi connectivity index (χ2v) is 7.57. The van der Waals surface area contributed by atoms with Gasteiger partial charge in [0.1, 0.15) is 11.4 Å². The summed E-state index contributed by atoms with van der Waals surface area (Å²) in [6, 6.07) is 18.6. The molecule has 31 heavy (non-hydrogen) atoms. The number of carbonyl (C=O) groups excluding carboxylic acids is 1. The molecule has 0 bridgehead atoms. The number of para-hydroxylation sites is 1. The van der Waals surface area contributed by atoms with E-state index in [-0.39, 0.29) is 12.6 Å². The average Bonchev–Trinajstić information content (AvgIpc) is 3.33. The Hall–Kier alpha value is -3.58. The summed E-state index contributed by atoms with van der Waals surface area (Å²) >= 11 is 6.12. The van der Waals surface area contributed by atoms with Crippen molar-refractivity contribution in [3.05, 3.63) is 94.5 Å². The zero-order valence-electron chi connectivity index (χ0n) is 17.2. The maximum absolute atomic E-state index is 12.8. The molecule has 1 amide bonds. The molecule has 0 saturated carbocycles. The summed E-state index contributed by atoms with van der Waals surface area (Å²) in [5, 5.41) is 12.1. The Bertz CT molecular complexity index is 1210. The van der Waals surface area contributed by atoms with Gasteiger partial charge in [-0.15, -0.1) is 0 Å². The molecule has 1 N–H and O–H groups in total. The summed E-state index contributed by atoms with van der Waals surface area (Å²) in [4.78, 5) is 12.8. The number of amides is 1. The van der Waals surface area contributed by atoms with E-state index in [1.165, 1.54) is 4.68 Å². The number of nitrogens with one attached hydrogen (secondary N) is 1. The number of carbonyl (C=O) groups is 1. The Labute approximate surface area is 185 Å². The number of aryl methyl sites for hydroxylation is 2. The minimum absolute atomic E-state index is 0.0669. The minimum Gasteiger partial charge on any atom is -0.470 e. The molecule has 4 aromatic rings. The van der Waals surface area contributed by atoms with Crippen LogP contribution in [0.25, 0.3) is 0 Å². The molecule has 0 atom stereocenters. The third-order valence-electron chi connectivity index (χ3n) is 4.75. The number of ether oxygens (including phenoxy) is 1. The van der Waals surface area contributed by atoms with E-state index in [1.54, 1.807) is 24.4 Å². The molecule has 0 aliphatic heterocycles. The van der Waals surface area contributed by atoms with Gasteiger partial charge in [0.25, 0.3) is 5.91 Å². The Morgan fingerprint density at radius 1 is 1.06 bits per heavy atom. The van der Waals surface area contributed by atoms with E-state index in [0.29, 0.717) is 28.7 Å². The number of benzene rings is 2. The maximum Gasteiger partial charge on any atom is 0.274 e. The topological polar surface area (TPSA) is 74.0 Å². The van der Waals surface area contributed by atoms with E-state index in [0.717, 1.165) is 17.0 Å². The van der Waals surface area contributed by atoms with Gasteiger partial charge in [-0.2, -0.15) is 10.2 Å². The zero-order chi connectivity index (χ0) is 21.8. The molecule has 0 aliphatic carbocycles. The second kappa shape index (κ2) is 9.06. The maximum atomic E-state index is 12.8. The summed E-state index contributed by atoms with van der Waals surface area (Å²) in [6.07, 6.45) is 1.56. The number of nitrogens with zero attached hydrogens (tertiary/aromatic N) is 4. The Kier molecular flexibility index (Phi) is 6.04. The van der Waals surface area contributed by atoms with Crippen LogP contribution in [0.15, 0.2) is 66.9 Å². The molecular weight excluding hydrogens is 414 g/mol. The van der Waals surface area contributed by atoms with Gasteiger partial charge in [-0.3, -0.25) is 9.48 Å². The molecule has 158 valence electrons. The van der Waals surface area contributed by atoms with Crippen LogP contribution in [0.2, 0.25) is 5.02 Å². The van der Waals surface area contributed by atoms with Crippen molar-refractivity contribution < 1.29 is 9.53 Å². The lowest BCUT2D eigenvalue weighted by Crippen LogP contribution is -2.20. The summed E-state index contributed by atoms with van der Waals surface area (Å²) in [7, 11) is 0. The van der Waals surface area contributed by atoms with Crippen LogP contribution in [-0.4, -0.2) is 25.5 Å². The van der Waals surface area contributed by atoms with Gasteiger partial charge >= 0.3 is 0 Å². The lowest BCUT2D eigenvalue weighted by molar-refractivity contribution is 0.100. The molecule has 2 aromatic heterocycles. The molecule has 0 spiro atoms. The number of aromatic nitrogens is 4. The monoisotopic (exact) mass is 435 g/mol. The highest BCUT2D eigenvalue weighted by atomic mass is 35.5. The number of hydrogen-bond acceptors (Lipinski definition) is 4. The van der Waals surface area contributed by atoms with Gasteiger partial charge in [-0.05, 0) is 55.8 Å². The highest BCUT2D eigenvalue weighted by molar-refractivity contribution is 6.32. The predicted molar refractivity (Wildman–Crippen MR) is 120 cm³/mol. The lowest BCUT2D eigenvalue weighted by Gasteiger charge is -2.12. The molecule has 0 saturated heterocycles. The first-order valence-corrected chi connectivity index (χ1v) is 10.2. The first-order valence-electron chi connectivity index (χ1n) is 9.80. The van der Waals surface area contributed by atoms with E-state index >= 15 is 0 Å². The third kappa shape index (κ3) is 4.95. The predicted octanol–water partition coefficient (Wildman–Crippen LogP) is 4.69. The lowest BCUT2D eigenvalue weighted by atomic mass is 10.2. The van der Waals surface area contributed by atoms with Crippen LogP contribution < -0.4 is 10.1 Å². The van der Waals surface area contributed by atoms with Gasteiger partial charge in [0.15, 0.2) is 6.73 Å². The molecule has 7 nitrogen and oxygen atoms in total. The number of halogens is 1. The van der Waals surface area contributed by atoms with Crippen LogP contribution in [0.3, 0.4) is 0 Å². The zero-order valence-corrected chi connectivity index (χ0v) is 18.0. The molecule has 0 aliphatic rings. The molecule has 0 unspecified atom stereocenters. The first-order chi connectivity index (χ1) is 15.0. The number of hydrogen-bond donors (Lipinski definition) is 1. The second-order valence-electron chi connectivity index (χ2n) is 7.16. The summed E-state index contributed by atoms with van der Waals surface area (Å²) in [6.45, 7) is 4.70. The summed E-state index contributed by atoms with van der Waals surface area (Å²) < 4.78 is 9.13. The fourth-order valence-corrected chi connectivity index (χ4v) is 3.46. The largest absolute Gasteiger partial charge is 0.470 e. The number of rotatable bonds is 7. The van der Waals surface area contributed by atoms with Crippen LogP contribution in [0.5, 0.6) is 5.75 Å². The van der Waals surface area contributed by atoms with E-state index in [1.807, 2.05) is 61.0 Å². The van der Waals surface area contributed by atoms with Crippen molar-refractivity contribution in [1.29, 1.82) is 0 Å². The van der Waals surface area contributed by atoms with Gasteiger partial charge in [0, 0.05) is 17.6 Å². The van der Waals surface area contributed by atoms with E-state index < -0.39 is 0 Å². The van der Waals surface area contributed by atoms with Crippen molar-refractivity contribution in [2.24, 2.45) is 0 Å². The van der Waals surface area contributed by atoms with Crippen molar-refractivity contribution in [3.63, 3.8) is 0 Å². The standard InChI is InChI=1S/C23H22ClN5O2/c1-16-12-17(2)28(27-16)14-18-6-5-7-19(13-18)26-23(30)21-10-11-25-29(21)15-31-22-9-4-3-8-20(22)24/h3-13H,14-15H2,1-2H3,(H,26,30). The minimum atomic E-state index is -0.275. The molecular formula is C23H22ClN5O2. The van der Waals surface area contributed by atoms with Crippen LogP contribution in [0.4, 0.5) is 5.69 Å². The van der Waals surface area contributed by atoms with Crippen LogP contribution in [0.1, 0.15) is 27.4 Å². The van der Waals surface area contributed by atoms with Crippen LogP contribution in [0, 0.1) is 13.8 Å². The molecule has 2 aromatic carbocycles. The summed E-state index contributed by atoms with van der Waals surface area (Å²) in [5.41, 5.74) is 4.20. The first kappa shape index (κ1) is 20.7. The van der Waals surface area contributed by atoms with E-state index in [4.69, 9.17) is 16.3 Å². The van der Waals surface area contributed by atoms with Gasteiger partial charge in [-0.1, -0.05) is 35.9 Å². The highest BCUT2D eigenvalue weighted by Crippen LogP contribution is 2.23. The Morgan fingerprint density at radius 2 is 1.90 bits per heavy atom. The van der Waals surface area contributed by atoms with Crippen molar-refractivity contribution in [2.75, 3.05) is 5.32 Å². The molecule has 0 radical (unpaired) electrons. The summed E-state index contributed by atoms with van der Waals surface area (Å²) in [5.74, 6) is 0.256. The molecule has 4 rings (SSSR count). The van der Waals surface area contributed by atoms with E-state index in [9.17, 15) is 4.79 Å². The molecule has 0 fully saturated rings. The third-order valence-corrected chi connectivity index (χ3v) is 5.06. The van der Waals surface area contributed by atoms with Crippen molar-refractivity contribution in [1.82, 2.24) is 19.6 Å². The van der Waals surface area contributed by atoms with Gasteiger partial charge in [0.2, 0.25) is 0 Å². The smallest absolute Gasteiger partial charge is 0.274 e. The molecule has 8 heteroatoms. The fourth-order valence-electron chi connectivity index (χ4n) is 3.27. The van der Waals surface area contributed by atoms with Gasteiger partial charge in [-0.25, -0.2) is 4.68 Å². The Balaban J connectivity index is 1.44. The van der Waals surface area contributed by atoms with Crippen molar-refractivity contribution >= 4 is 23.2 Å². The normalized spacial score (nSPS) is 10.8. The average molecular weight is 436 g/mol. The fraction of sp³-hybridized carbons (Fsp3) is 0.174. The van der Waals surface area contributed by atoms with Gasteiger partial charge in [0.05, 0.1) is 17.3 Å². The Morgan fingerprint density at radius 3 is 2.68 bits per heavy atom. The quantitative estimate of drug-likeness (QED) is 0.457. The SMILES string of the molecule is Cc1cc(C)n(Cc2cccc(NC(=O)c3ccnn3COc3ccccc3Cl)c2)n1. The van der Waals surface area contributed by atoms with Crippen LogP contribution >= 0.6 is 11.6 Å². The van der Waals surface area contributed by atoms with E-state index in [2.05, 4.69) is 15.5 Å². The van der Waals surface area contributed by atoms with Crippen molar-refractivity contribution in [3.8, 4) is 5.75 Å². The molecule has 2 heterocycles. The van der Waals surface area contributed by atoms with Crippen molar-refractivity contribution in [2.45, 2.75) is 27.1 Å². The van der Waals surface area contributed by atoms with Gasteiger partial charge < -0.3 is 10.1 Å². The number of anilines is 1.